The molecule has 0 atom stereocenters. The highest BCUT2D eigenvalue weighted by molar-refractivity contribution is 5.87. The van der Waals surface area contributed by atoms with E-state index in [9.17, 15) is 9.59 Å². The Morgan fingerprint density at radius 1 is 1.45 bits per heavy atom. The number of nitrogens with two attached hydrogens (primary N) is 1. The average Bonchev–Trinajstić information content (AvgIpc) is 2.73. The maximum atomic E-state index is 12.1. The van der Waals surface area contributed by atoms with Gasteiger partial charge < -0.3 is 15.1 Å². The molecular weight excluding hydrogens is 258 g/mol. The first-order valence-corrected chi connectivity index (χ1v) is 6.66. The van der Waals surface area contributed by atoms with Gasteiger partial charge in [-0.25, -0.2) is 4.79 Å². The highest BCUT2D eigenvalue weighted by Crippen LogP contribution is 2.19. The van der Waals surface area contributed by atoms with Crippen LogP contribution >= 0.6 is 0 Å². The highest BCUT2D eigenvalue weighted by atomic mass is 16.4. The number of hydrogen-bond acceptors (Lipinski definition) is 4. The molecule has 0 aliphatic heterocycles. The third kappa shape index (κ3) is 2.68. The summed E-state index contributed by atoms with van der Waals surface area (Å²) in [6, 6.07) is 5.05. The fourth-order valence-electron chi connectivity index (χ4n) is 2.07. The van der Waals surface area contributed by atoms with Gasteiger partial charge in [-0.3, -0.25) is 9.36 Å². The van der Waals surface area contributed by atoms with Gasteiger partial charge in [0.15, 0.2) is 5.58 Å². The number of para-hydroxylation sites is 1. The van der Waals surface area contributed by atoms with Crippen molar-refractivity contribution in [1.82, 2.24) is 9.47 Å². The molecule has 6 nitrogen and oxygen atoms in total. The number of hydrogen-bond donors (Lipinski definition) is 1. The summed E-state index contributed by atoms with van der Waals surface area (Å²) in [5, 5.41) is 0. The van der Waals surface area contributed by atoms with Crippen LogP contribution in [0.5, 0.6) is 0 Å². The van der Waals surface area contributed by atoms with E-state index in [0.29, 0.717) is 23.3 Å². The lowest BCUT2D eigenvalue weighted by atomic mass is 10.3. The van der Waals surface area contributed by atoms with Crippen molar-refractivity contribution in [3.05, 3.63) is 28.7 Å². The molecule has 0 aliphatic carbocycles. The van der Waals surface area contributed by atoms with Gasteiger partial charge in [-0.2, -0.15) is 0 Å². The van der Waals surface area contributed by atoms with Gasteiger partial charge in [0.25, 0.3) is 0 Å². The zero-order chi connectivity index (χ0) is 14.7. The Morgan fingerprint density at radius 2 is 2.20 bits per heavy atom. The van der Waals surface area contributed by atoms with Gasteiger partial charge in [0.1, 0.15) is 12.1 Å². The van der Waals surface area contributed by atoms with Crippen molar-refractivity contribution in [2.45, 2.75) is 26.3 Å². The van der Waals surface area contributed by atoms with E-state index in [4.69, 9.17) is 10.2 Å². The van der Waals surface area contributed by atoms with Crippen LogP contribution in [0.4, 0.5) is 5.69 Å². The van der Waals surface area contributed by atoms with E-state index in [-0.39, 0.29) is 12.5 Å². The molecule has 0 fully saturated rings. The number of anilines is 1. The smallest absolute Gasteiger partial charge is 0.408 e. The molecule has 1 amide bonds. The molecule has 0 spiro atoms. The van der Waals surface area contributed by atoms with Crippen LogP contribution in [0.1, 0.15) is 19.8 Å². The first kappa shape index (κ1) is 14.2. The van der Waals surface area contributed by atoms with Crippen LogP contribution in [0, 0.1) is 0 Å². The largest absolute Gasteiger partial charge is 0.420 e. The summed E-state index contributed by atoms with van der Waals surface area (Å²) in [6.45, 7) is 2.68. The number of carbonyl (C=O) groups is 1. The van der Waals surface area contributed by atoms with E-state index in [2.05, 4.69) is 6.92 Å². The SMILES string of the molecule is CCCCN(C)C(=O)Cn1c(=O)oc2cccc(N)c21. The molecule has 1 aromatic heterocycles. The maximum Gasteiger partial charge on any atom is 0.420 e. The molecule has 6 heteroatoms. The average molecular weight is 277 g/mol. The van der Waals surface area contributed by atoms with Gasteiger partial charge in [-0.05, 0) is 18.6 Å². The molecule has 0 radical (unpaired) electrons. The van der Waals surface area contributed by atoms with E-state index in [0.717, 1.165) is 12.8 Å². The van der Waals surface area contributed by atoms with E-state index in [1.165, 1.54) is 4.57 Å². The first-order valence-electron chi connectivity index (χ1n) is 6.66. The predicted molar refractivity (Wildman–Crippen MR) is 77.4 cm³/mol. The van der Waals surface area contributed by atoms with Crippen molar-refractivity contribution >= 4 is 22.7 Å². The van der Waals surface area contributed by atoms with Gasteiger partial charge in [0.2, 0.25) is 5.91 Å². The second-order valence-electron chi connectivity index (χ2n) is 4.82. The Balaban J connectivity index is 2.28. The molecule has 2 N–H and O–H groups in total. The second-order valence-corrected chi connectivity index (χ2v) is 4.82. The number of unbranched alkanes of at least 4 members (excludes halogenated alkanes) is 1. The second kappa shape index (κ2) is 5.81. The van der Waals surface area contributed by atoms with Gasteiger partial charge in [0, 0.05) is 13.6 Å². The lowest BCUT2D eigenvalue weighted by molar-refractivity contribution is -0.130. The quantitative estimate of drug-likeness (QED) is 0.838. The van der Waals surface area contributed by atoms with Gasteiger partial charge in [0.05, 0.1) is 5.69 Å². The van der Waals surface area contributed by atoms with Crippen LogP contribution in [-0.4, -0.2) is 29.0 Å². The number of fused-ring (bicyclic) bond motifs is 1. The third-order valence-electron chi connectivity index (χ3n) is 3.28. The summed E-state index contributed by atoms with van der Waals surface area (Å²) in [5.74, 6) is -0.693. The number of carbonyl (C=O) groups excluding carboxylic acids is 1. The molecule has 2 aromatic rings. The molecule has 0 aliphatic rings. The number of nitrogen functional groups attached to an aromatic ring is 1. The Kier molecular flexibility index (Phi) is 4.12. The van der Waals surface area contributed by atoms with Crippen molar-refractivity contribution in [3.8, 4) is 0 Å². The van der Waals surface area contributed by atoms with E-state index in [1.807, 2.05) is 0 Å². The summed E-state index contributed by atoms with van der Waals surface area (Å²) in [6.07, 6.45) is 1.95. The fraction of sp³-hybridized carbons (Fsp3) is 0.429. The molecule has 1 aromatic carbocycles. The number of rotatable bonds is 5. The molecule has 1 heterocycles. The first-order chi connectivity index (χ1) is 9.54. The molecule has 0 unspecified atom stereocenters. The van der Waals surface area contributed by atoms with Crippen LogP contribution in [0.3, 0.4) is 0 Å². The standard InChI is InChI=1S/C14H19N3O3/c1-3-4-8-16(2)12(18)9-17-13-10(15)6-5-7-11(13)20-14(17)19/h5-7H,3-4,8-9,15H2,1-2H3. The van der Waals surface area contributed by atoms with Crippen molar-refractivity contribution < 1.29 is 9.21 Å². The Bertz CT molecular complexity index is 672. The number of likely N-dealkylation sites (N-methyl/N-ethyl adjacent to an activating group) is 1. The van der Waals surface area contributed by atoms with Gasteiger partial charge in [-0.1, -0.05) is 19.4 Å². The Hall–Kier alpha value is -2.24. The van der Waals surface area contributed by atoms with Gasteiger partial charge >= 0.3 is 5.76 Å². The van der Waals surface area contributed by atoms with Crippen LogP contribution in [0.25, 0.3) is 11.1 Å². The minimum atomic E-state index is -0.560. The summed E-state index contributed by atoms with van der Waals surface area (Å²) in [4.78, 5) is 25.6. The molecule has 0 bridgehead atoms. The molecule has 2 rings (SSSR count). The van der Waals surface area contributed by atoms with Crippen LogP contribution in [-0.2, 0) is 11.3 Å². The van der Waals surface area contributed by atoms with E-state index >= 15 is 0 Å². The minimum absolute atomic E-state index is 0.0553. The number of aromatic nitrogens is 1. The van der Waals surface area contributed by atoms with Crippen molar-refractivity contribution in [1.29, 1.82) is 0 Å². The molecular formula is C14H19N3O3. The van der Waals surface area contributed by atoms with Crippen LogP contribution in [0.15, 0.2) is 27.4 Å². The number of oxazole rings is 1. The number of benzene rings is 1. The minimum Gasteiger partial charge on any atom is -0.408 e. The predicted octanol–water partition coefficient (Wildman–Crippen LogP) is 1.44. The summed E-state index contributed by atoms with van der Waals surface area (Å²) in [5.41, 5.74) is 7.17. The molecule has 0 saturated heterocycles. The topological polar surface area (TPSA) is 81.5 Å². The summed E-state index contributed by atoms with van der Waals surface area (Å²) >= 11 is 0. The summed E-state index contributed by atoms with van der Waals surface area (Å²) in [7, 11) is 1.73. The van der Waals surface area contributed by atoms with Crippen molar-refractivity contribution in [3.63, 3.8) is 0 Å². The fourth-order valence-corrected chi connectivity index (χ4v) is 2.07. The van der Waals surface area contributed by atoms with E-state index < -0.39 is 5.76 Å². The highest BCUT2D eigenvalue weighted by Gasteiger charge is 2.16. The number of amides is 1. The molecule has 20 heavy (non-hydrogen) atoms. The molecule has 0 saturated carbocycles. The van der Waals surface area contributed by atoms with Gasteiger partial charge in [-0.15, -0.1) is 0 Å². The Morgan fingerprint density at radius 3 is 2.90 bits per heavy atom. The zero-order valence-corrected chi connectivity index (χ0v) is 11.8. The molecule has 108 valence electrons. The number of nitrogens with zero attached hydrogens (tertiary/aromatic N) is 2. The third-order valence-corrected chi connectivity index (χ3v) is 3.28. The van der Waals surface area contributed by atoms with E-state index in [1.54, 1.807) is 30.1 Å². The van der Waals surface area contributed by atoms with Crippen LogP contribution < -0.4 is 11.5 Å². The monoisotopic (exact) mass is 277 g/mol. The summed E-state index contributed by atoms with van der Waals surface area (Å²) < 4.78 is 6.39. The lowest BCUT2D eigenvalue weighted by Gasteiger charge is -2.16. The Labute approximate surface area is 116 Å². The maximum absolute atomic E-state index is 12.1. The van der Waals surface area contributed by atoms with Crippen molar-refractivity contribution in [2.75, 3.05) is 19.3 Å². The normalized spacial score (nSPS) is 10.9. The van der Waals surface area contributed by atoms with Crippen LogP contribution in [0.2, 0.25) is 0 Å². The van der Waals surface area contributed by atoms with Crippen molar-refractivity contribution in [2.24, 2.45) is 0 Å². The zero-order valence-electron chi connectivity index (χ0n) is 11.8. The lowest BCUT2D eigenvalue weighted by Crippen LogP contribution is -2.33.